The molecule has 0 aliphatic carbocycles. The smallest absolute Gasteiger partial charge is 0.142 e. The molecule has 0 aromatic heterocycles. The first kappa shape index (κ1) is 14.6. The van der Waals surface area contributed by atoms with Crippen molar-refractivity contribution in [3.63, 3.8) is 0 Å². The SMILES string of the molecule is O=S1CCC(NC2CCOc3c(Cl)cc(Cl)cc32)CC1. The highest BCUT2D eigenvalue weighted by Gasteiger charge is 2.27. The molecule has 20 heavy (non-hydrogen) atoms. The minimum absolute atomic E-state index is 0.214. The second-order valence-corrected chi connectivity index (χ2v) is 7.82. The molecule has 0 bridgehead atoms. The summed E-state index contributed by atoms with van der Waals surface area (Å²) < 4.78 is 17.1. The Hall–Kier alpha value is -0.290. The van der Waals surface area contributed by atoms with Crippen LogP contribution in [0.15, 0.2) is 12.1 Å². The summed E-state index contributed by atoms with van der Waals surface area (Å²) in [6.07, 6.45) is 2.84. The van der Waals surface area contributed by atoms with Crippen LogP contribution in [0.3, 0.4) is 0 Å². The highest BCUT2D eigenvalue weighted by atomic mass is 35.5. The fourth-order valence-corrected chi connectivity index (χ4v) is 4.71. The molecular formula is C14H17Cl2NO2S. The molecule has 3 nitrogen and oxygen atoms in total. The quantitative estimate of drug-likeness (QED) is 0.902. The molecule has 0 amide bonds. The van der Waals surface area contributed by atoms with Gasteiger partial charge in [0.05, 0.1) is 11.6 Å². The molecule has 1 saturated heterocycles. The molecule has 6 heteroatoms. The minimum atomic E-state index is -0.627. The monoisotopic (exact) mass is 333 g/mol. The number of hydrogen-bond acceptors (Lipinski definition) is 3. The maximum Gasteiger partial charge on any atom is 0.142 e. The lowest BCUT2D eigenvalue weighted by Crippen LogP contribution is -2.39. The van der Waals surface area contributed by atoms with Gasteiger partial charge in [0.2, 0.25) is 0 Å². The lowest BCUT2D eigenvalue weighted by Gasteiger charge is -2.32. The van der Waals surface area contributed by atoms with Gasteiger partial charge in [0.25, 0.3) is 0 Å². The van der Waals surface area contributed by atoms with Crippen LogP contribution in [0.5, 0.6) is 5.75 Å². The van der Waals surface area contributed by atoms with Crippen LogP contribution in [-0.2, 0) is 10.8 Å². The van der Waals surface area contributed by atoms with Gasteiger partial charge >= 0.3 is 0 Å². The Morgan fingerprint density at radius 1 is 1.20 bits per heavy atom. The molecule has 1 unspecified atom stereocenters. The predicted molar refractivity (Wildman–Crippen MR) is 83.3 cm³/mol. The summed E-state index contributed by atoms with van der Waals surface area (Å²) in [4.78, 5) is 0. The van der Waals surface area contributed by atoms with Crippen molar-refractivity contribution in [2.24, 2.45) is 0 Å². The van der Waals surface area contributed by atoms with E-state index in [9.17, 15) is 4.21 Å². The Bertz CT molecular complexity index is 528. The van der Waals surface area contributed by atoms with Crippen LogP contribution in [0.1, 0.15) is 30.9 Å². The van der Waals surface area contributed by atoms with Gasteiger partial charge in [-0.2, -0.15) is 0 Å². The van der Waals surface area contributed by atoms with Crippen LogP contribution in [0.2, 0.25) is 10.0 Å². The van der Waals surface area contributed by atoms with Crippen molar-refractivity contribution >= 4 is 34.0 Å². The molecule has 2 aliphatic rings. The normalized spacial score (nSPS) is 29.6. The van der Waals surface area contributed by atoms with Gasteiger partial charge in [0.15, 0.2) is 0 Å². The first-order valence-corrected chi connectivity index (χ1v) is 9.10. The first-order chi connectivity index (χ1) is 9.63. The van der Waals surface area contributed by atoms with E-state index < -0.39 is 10.8 Å². The number of halogens is 2. The molecule has 1 aromatic rings. The van der Waals surface area contributed by atoms with Crippen LogP contribution in [0.25, 0.3) is 0 Å². The maximum absolute atomic E-state index is 11.4. The van der Waals surface area contributed by atoms with Crippen LogP contribution in [-0.4, -0.2) is 28.4 Å². The van der Waals surface area contributed by atoms with E-state index in [0.717, 1.165) is 42.1 Å². The lowest BCUT2D eigenvalue weighted by atomic mass is 9.98. The molecule has 2 heterocycles. The van der Waals surface area contributed by atoms with Gasteiger partial charge < -0.3 is 10.1 Å². The van der Waals surface area contributed by atoms with Crippen molar-refractivity contribution in [2.75, 3.05) is 18.1 Å². The van der Waals surface area contributed by atoms with Crippen molar-refractivity contribution in [3.05, 3.63) is 27.7 Å². The van der Waals surface area contributed by atoms with Crippen LogP contribution in [0.4, 0.5) is 0 Å². The Balaban J connectivity index is 1.78. The maximum atomic E-state index is 11.4. The molecule has 3 rings (SSSR count). The zero-order valence-electron chi connectivity index (χ0n) is 11.0. The fraction of sp³-hybridized carbons (Fsp3) is 0.571. The Kier molecular flexibility index (Phi) is 4.55. The minimum Gasteiger partial charge on any atom is -0.492 e. The molecule has 2 aliphatic heterocycles. The van der Waals surface area contributed by atoms with E-state index >= 15 is 0 Å². The van der Waals surface area contributed by atoms with Gasteiger partial charge in [0.1, 0.15) is 5.75 Å². The number of benzene rings is 1. The zero-order chi connectivity index (χ0) is 14.1. The van der Waals surface area contributed by atoms with E-state index in [-0.39, 0.29) is 6.04 Å². The van der Waals surface area contributed by atoms with Crippen molar-refractivity contribution in [3.8, 4) is 5.75 Å². The van der Waals surface area contributed by atoms with Gasteiger partial charge in [-0.15, -0.1) is 0 Å². The summed E-state index contributed by atoms with van der Waals surface area (Å²) in [5.74, 6) is 2.34. The molecule has 1 fully saturated rings. The number of hydrogen-bond donors (Lipinski definition) is 1. The predicted octanol–water partition coefficient (Wildman–Crippen LogP) is 3.32. The van der Waals surface area contributed by atoms with Crippen LogP contribution in [0, 0.1) is 0 Å². The standard InChI is InChI=1S/C14H17Cl2NO2S/c15-9-7-11-13(1-4-19-14(11)12(16)8-9)17-10-2-5-20(18)6-3-10/h7-8,10,13,17H,1-6H2. The number of ether oxygens (including phenoxy) is 1. The third kappa shape index (κ3) is 3.14. The number of nitrogens with one attached hydrogen (secondary N) is 1. The van der Waals surface area contributed by atoms with E-state index in [0.29, 0.717) is 22.7 Å². The van der Waals surface area contributed by atoms with E-state index in [2.05, 4.69) is 5.32 Å². The van der Waals surface area contributed by atoms with E-state index in [1.54, 1.807) is 6.07 Å². The zero-order valence-corrected chi connectivity index (χ0v) is 13.4. The highest BCUT2D eigenvalue weighted by molar-refractivity contribution is 7.85. The van der Waals surface area contributed by atoms with Gasteiger partial charge in [-0.1, -0.05) is 23.2 Å². The molecule has 0 radical (unpaired) electrons. The summed E-state index contributed by atoms with van der Waals surface area (Å²) >= 11 is 12.3. The van der Waals surface area contributed by atoms with Gasteiger partial charge in [0, 0.05) is 51.4 Å². The second-order valence-electron chi connectivity index (χ2n) is 5.28. The summed E-state index contributed by atoms with van der Waals surface area (Å²) in [5, 5.41) is 4.87. The average molecular weight is 334 g/mol. The number of rotatable bonds is 2. The van der Waals surface area contributed by atoms with E-state index in [1.165, 1.54) is 0 Å². The Morgan fingerprint density at radius 3 is 2.70 bits per heavy atom. The molecule has 1 aromatic carbocycles. The van der Waals surface area contributed by atoms with Crippen molar-refractivity contribution < 1.29 is 8.95 Å². The molecule has 110 valence electrons. The third-order valence-corrected chi connectivity index (χ3v) is 5.77. The molecule has 1 atom stereocenters. The van der Waals surface area contributed by atoms with Gasteiger partial charge in [-0.3, -0.25) is 4.21 Å². The summed E-state index contributed by atoms with van der Waals surface area (Å²) in [6, 6.07) is 4.28. The molecule has 0 spiro atoms. The Labute approximate surface area is 131 Å². The van der Waals surface area contributed by atoms with E-state index in [4.69, 9.17) is 27.9 Å². The molecule has 0 saturated carbocycles. The third-order valence-electron chi connectivity index (χ3n) is 3.89. The second kappa shape index (κ2) is 6.22. The lowest BCUT2D eigenvalue weighted by molar-refractivity contribution is 0.241. The van der Waals surface area contributed by atoms with Crippen molar-refractivity contribution in [1.29, 1.82) is 0 Å². The topological polar surface area (TPSA) is 38.3 Å². The molecule has 1 N–H and O–H groups in total. The fourth-order valence-electron chi connectivity index (χ4n) is 2.84. The van der Waals surface area contributed by atoms with Crippen molar-refractivity contribution in [2.45, 2.75) is 31.3 Å². The summed E-state index contributed by atoms with van der Waals surface area (Å²) in [7, 11) is -0.627. The summed E-state index contributed by atoms with van der Waals surface area (Å²) in [6.45, 7) is 0.657. The summed E-state index contributed by atoms with van der Waals surface area (Å²) in [5.41, 5.74) is 1.04. The van der Waals surface area contributed by atoms with E-state index in [1.807, 2.05) is 6.07 Å². The number of fused-ring (bicyclic) bond motifs is 1. The molecular weight excluding hydrogens is 317 g/mol. The first-order valence-electron chi connectivity index (χ1n) is 6.86. The van der Waals surface area contributed by atoms with Crippen LogP contribution < -0.4 is 10.1 Å². The van der Waals surface area contributed by atoms with Gasteiger partial charge in [-0.05, 0) is 25.0 Å². The van der Waals surface area contributed by atoms with Crippen LogP contribution >= 0.6 is 23.2 Å². The largest absolute Gasteiger partial charge is 0.492 e. The Morgan fingerprint density at radius 2 is 1.95 bits per heavy atom. The van der Waals surface area contributed by atoms with Crippen molar-refractivity contribution in [1.82, 2.24) is 5.32 Å². The highest BCUT2D eigenvalue weighted by Crippen LogP contribution is 2.40. The average Bonchev–Trinajstić information content (AvgIpc) is 2.42. The van der Waals surface area contributed by atoms with Gasteiger partial charge in [-0.25, -0.2) is 0 Å².